The van der Waals surface area contributed by atoms with E-state index in [1.807, 2.05) is 24.3 Å². The summed E-state index contributed by atoms with van der Waals surface area (Å²) in [6.07, 6.45) is -0.615. The summed E-state index contributed by atoms with van der Waals surface area (Å²) in [7, 11) is 0. The first-order chi connectivity index (χ1) is 16.8. The molecule has 0 saturated carbocycles. The van der Waals surface area contributed by atoms with Gasteiger partial charge >= 0.3 is 12.1 Å². The van der Waals surface area contributed by atoms with Gasteiger partial charge < -0.3 is 15.2 Å². The first-order valence-corrected chi connectivity index (χ1v) is 12.0. The maximum Gasteiger partial charge on any atom is 0.411 e. The van der Waals surface area contributed by atoms with Crippen LogP contribution in [0.25, 0.3) is 11.1 Å². The van der Waals surface area contributed by atoms with Crippen molar-refractivity contribution in [2.75, 3.05) is 11.9 Å². The van der Waals surface area contributed by atoms with Gasteiger partial charge in [-0.15, -0.1) is 0 Å². The number of rotatable bonds is 7. The van der Waals surface area contributed by atoms with Crippen LogP contribution in [0.1, 0.15) is 41.3 Å². The van der Waals surface area contributed by atoms with Crippen LogP contribution < -0.4 is 10.6 Å². The summed E-state index contributed by atoms with van der Waals surface area (Å²) in [4.78, 5) is 36.4. The summed E-state index contributed by atoms with van der Waals surface area (Å²) < 4.78 is 6.03. The minimum Gasteiger partial charge on any atom is -0.480 e. The number of hydrogen-bond donors (Lipinski definition) is 3. The lowest BCUT2D eigenvalue weighted by atomic mass is 9.98. The molecule has 1 aliphatic rings. The molecule has 7 nitrogen and oxygen atoms in total. The number of carboxylic acid groups (broad SMARTS) is 1. The molecule has 1 atom stereocenters. The molecule has 0 heterocycles. The van der Waals surface area contributed by atoms with Gasteiger partial charge in [-0.25, -0.2) is 9.59 Å². The van der Waals surface area contributed by atoms with Crippen molar-refractivity contribution in [1.82, 2.24) is 5.32 Å². The molecule has 0 spiro atoms. The number of carbonyl (C=O) groups is 3. The molecule has 8 heteroatoms. The Morgan fingerprint density at radius 1 is 0.971 bits per heavy atom. The fraction of sp³-hybridized carbons (Fsp3) is 0.222. The molecule has 180 valence electrons. The summed E-state index contributed by atoms with van der Waals surface area (Å²) >= 11 is 3.36. The molecule has 35 heavy (non-hydrogen) atoms. The van der Waals surface area contributed by atoms with E-state index in [0.717, 1.165) is 22.3 Å². The van der Waals surface area contributed by atoms with Gasteiger partial charge in [0.05, 0.1) is 5.69 Å². The van der Waals surface area contributed by atoms with Crippen LogP contribution in [-0.2, 0) is 9.53 Å². The van der Waals surface area contributed by atoms with Crippen LogP contribution in [0.15, 0.2) is 71.2 Å². The van der Waals surface area contributed by atoms with E-state index in [9.17, 15) is 19.5 Å². The molecular weight excluding hydrogens is 512 g/mol. The van der Waals surface area contributed by atoms with Crippen molar-refractivity contribution in [1.29, 1.82) is 0 Å². The Morgan fingerprint density at radius 2 is 1.57 bits per heavy atom. The van der Waals surface area contributed by atoms with Gasteiger partial charge in [0.15, 0.2) is 0 Å². The number of fused-ring (bicyclic) bond motifs is 3. The van der Waals surface area contributed by atoms with Gasteiger partial charge in [-0.3, -0.25) is 10.1 Å². The maximum absolute atomic E-state index is 12.6. The first kappa shape index (κ1) is 24.5. The highest BCUT2D eigenvalue weighted by Gasteiger charge is 2.29. The molecule has 0 aromatic heterocycles. The summed E-state index contributed by atoms with van der Waals surface area (Å²) in [5.74, 6) is -1.93. The molecule has 3 aromatic rings. The third-order valence-corrected chi connectivity index (χ3v) is 6.69. The van der Waals surface area contributed by atoms with Gasteiger partial charge in [-0.1, -0.05) is 62.4 Å². The number of carbonyl (C=O) groups excluding carboxylic acids is 2. The molecule has 0 aliphatic heterocycles. The topological polar surface area (TPSA) is 105 Å². The second-order valence-corrected chi connectivity index (χ2v) is 9.53. The van der Waals surface area contributed by atoms with Crippen LogP contribution in [0.4, 0.5) is 10.5 Å². The first-order valence-electron chi connectivity index (χ1n) is 11.2. The number of halogens is 1. The fourth-order valence-electron chi connectivity index (χ4n) is 4.24. The standard InChI is InChI=1S/C27H25BrN2O5/c1-15(2)24(26(32)33)30-25(31)16-11-12-23(22(28)13-16)29-27(34)35-14-21-19-9-5-3-7-17(19)18-8-4-6-10-20(18)21/h3-13,15,21,24H,14H2,1-2H3,(H,29,34)(H,30,31)(H,32,33)/t24-/m0/s1. The molecule has 0 saturated heterocycles. The van der Waals surface area contributed by atoms with Gasteiger partial charge in [0.1, 0.15) is 12.6 Å². The third-order valence-electron chi connectivity index (χ3n) is 6.03. The maximum atomic E-state index is 12.6. The van der Waals surface area contributed by atoms with E-state index in [4.69, 9.17) is 4.74 Å². The lowest BCUT2D eigenvalue weighted by molar-refractivity contribution is -0.140. The zero-order valence-electron chi connectivity index (χ0n) is 19.2. The minimum absolute atomic E-state index is 0.0502. The molecular formula is C27H25BrN2O5. The van der Waals surface area contributed by atoms with Crippen molar-refractivity contribution in [3.05, 3.63) is 87.9 Å². The Hall–Kier alpha value is -3.65. The second-order valence-electron chi connectivity index (χ2n) is 8.68. The second kappa shape index (κ2) is 10.3. The zero-order valence-corrected chi connectivity index (χ0v) is 20.8. The largest absolute Gasteiger partial charge is 0.480 e. The van der Waals surface area contributed by atoms with Crippen molar-refractivity contribution in [3.8, 4) is 11.1 Å². The molecule has 0 radical (unpaired) electrons. The smallest absolute Gasteiger partial charge is 0.411 e. The van der Waals surface area contributed by atoms with E-state index < -0.39 is 24.0 Å². The Labute approximate surface area is 211 Å². The SMILES string of the molecule is CC(C)[C@H](NC(=O)c1ccc(NC(=O)OCC2c3ccccc3-c3ccccc32)c(Br)c1)C(=O)O. The van der Waals surface area contributed by atoms with Crippen LogP contribution in [0.2, 0.25) is 0 Å². The lowest BCUT2D eigenvalue weighted by Gasteiger charge is -2.18. The molecule has 0 unspecified atom stereocenters. The average Bonchev–Trinajstić information content (AvgIpc) is 3.15. The van der Waals surface area contributed by atoms with Crippen molar-refractivity contribution in [2.45, 2.75) is 25.8 Å². The van der Waals surface area contributed by atoms with Crippen LogP contribution in [0, 0.1) is 5.92 Å². The Balaban J connectivity index is 1.40. The number of carboxylic acids is 1. The monoisotopic (exact) mass is 536 g/mol. The molecule has 3 aromatic carbocycles. The number of nitrogens with one attached hydrogen (secondary N) is 2. The highest BCUT2D eigenvalue weighted by Crippen LogP contribution is 2.44. The fourth-order valence-corrected chi connectivity index (χ4v) is 4.72. The van der Waals surface area contributed by atoms with E-state index in [1.165, 1.54) is 12.1 Å². The van der Waals surface area contributed by atoms with Crippen molar-refractivity contribution in [2.24, 2.45) is 5.92 Å². The molecule has 0 bridgehead atoms. The summed E-state index contributed by atoms with van der Waals surface area (Å²) in [5, 5.41) is 14.5. The Bertz CT molecular complexity index is 1240. The molecule has 3 N–H and O–H groups in total. The lowest BCUT2D eigenvalue weighted by Crippen LogP contribution is -2.44. The molecule has 2 amide bonds. The van der Waals surface area contributed by atoms with Crippen LogP contribution in [0.5, 0.6) is 0 Å². The average molecular weight is 537 g/mol. The van der Waals surface area contributed by atoms with E-state index in [2.05, 4.69) is 50.8 Å². The third kappa shape index (κ3) is 5.22. The number of amides is 2. The number of ether oxygens (including phenoxy) is 1. The van der Waals surface area contributed by atoms with Crippen LogP contribution in [0.3, 0.4) is 0 Å². The van der Waals surface area contributed by atoms with Gasteiger partial charge in [-0.05, 0) is 62.3 Å². The number of benzene rings is 3. The van der Waals surface area contributed by atoms with E-state index in [1.54, 1.807) is 19.9 Å². The van der Waals surface area contributed by atoms with Crippen molar-refractivity contribution in [3.63, 3.8) is 0 Å². The summed E-state index contributed by atoms with van der Waals surface area (Å²) in [5.41, 5.74) is 5.24. The number of aliphatic carboxylic acids is 1. The highest BCUT2D eigenvalue weighted by atomic mass is 79.9. The predicted molar refractivity (Wildman–Crippen MR) is 137 cm³/mol. The minimum atomic E-state index is -1.10. The van der Waals surface area contributed by atoms with E-state index in [-0.39, 0.29) is 24.0 Å². The highest BCUT2D eigenvalue weighted by molar-refractivity contribution is 9.10. The Morgan fingerprint density at radius 3 is 2.11 bits per heavy atom. The summed E-state index contributed by atoms with van der Waals surface area (Å²) in [6.45, 7) is 3.62. The number of hydrogen-bond acceptors (Lipinski definition) is 4. The van der Waals surface area contributed by atoms with Gasteiger partial charge in [0, 0.05) is 16.0 Å². The molecule has 4 rings (SSSR count). The Kier molecular flexibility index (Phi) is 7.21. The van der Waals surface area contributed by atoms with Gasteiger partial charge in [0.25, 0.3) is 5.91 Å². The molecule has 1 aliphatic carbocycles. The zero-order chi connectivity index (χ0) is 25.1. The normalized spacial score (nSPS) is 13.0. The quantitative estimate of drug-likeness (QED) is 0.362. The predicted octanol–water partition coefficient (Wildman–Crippen LogP) is 5.65. The van der Waals surface area contributed by atoms with E-state index in [0.29, 0.717) is 10.2 Å². The van der Waals surface area contributed by atoms with Crippen molar-refractivity contribution >= 4 is 39.6 Å². The summed E-state index contributed by atoms with van der Waals surface area (Å²) in [6, 6.07) is 19.8. The van der Waals surface area contributed by atoms with Crippen molar-refractivity contribution < 1.29 is 24.2 Å². The number of anilines is 1. The van der Waals surface area contributed by atoms with E-state index >= 15 is 0 Å². The van der Waals surface area contributed by atoms with Crippen LogP contribution >= 0.6 is 15.9 Å². The van der Waals surface area contributed by atoms with Gasteiger partial charge in [-0.2, -0.15) is 0 Å². The van der Waals surface area contributed by atoms with Crippen LogP contribution in [-0.4, -0.2) is 35.7 Å². The van der Waals surface area contributed by atoms with Gasteiger partial charge in [0.2, 0.25) is 0 Å². The molecule has 0 fully saturated rings.